The van der Waals surface area contributed by atoms with Crippen LogP contribution in [0.3, 0.4) is 0 Å². The van der Waals surface area contributed by atoms with Gasteiger partial charge in [-0.25, -0.2) is 15.0 Å². The van der Waals surface area contributed by atoms with Gasteiger partial charge in [-0.3, -0.25) is 0 Å². The highest BCUT2D eigenvalue weighted by Crippen LogP contribution is 2.62. The number of nitrogens with zero attached hydrogens (tertiary/aromatic N) is 3. The van der Waals surface area contributed by atoms with E-state index in [2.05, 4.69) is 147 Å². The van der Waals surface area contributed by atoms with Crippen LogP contribution in [-0.2, 0) is 10.8 Å². The van der Waals surface area contributed by atoms with Gasteiger partial charge in [0.2, 0.25) is 0 Å². The van der Waals surface area contributed by atoms with Crippen molar-refractivity contribution in [2.24, 2.45) is 0 Å². The van der Waals surface area contributed by atoms with E-state index in [0.29, 0.717) is 17.5 Å². The number of hydrogen-bond acceptors (Lipinski definition) is 5. The van der Waals surface area contributed by atoms with E-state index >= 15 is 0 Å². The summed E-state index contributed by atoms with van der Waals surface area (Å²) in [6, 6.07) is 66.0. The van der Waals surface area contributed by atoms with Gasteiger partial charge in [0.25, 0.3) is 0 Å². The number of ether oxygens (including phenoxy) is 1. The first-order chi connectivity index (χ1) is 29.5. The molecular weight excluding hydrogens is 735 g/mol. The molecule has 2 aromatic heterocycles. The van der Waals surface area contributed by atoms with Gasteiger partial charge in [-0.2, -0.15) is 0 Å². The average molecular weight is 772 g/mol. The minimum absolute atomic E-state index is 0.345. The summed E-state index contributed by atoms with van der Waals surface area (Å²) in [5.74, 6) is 3.55. The summed E-state index contributed by atoms with van der Waals surface area (Å²) in [4.78, 5) is 15.4. The lowest BCUT2D eigenvalue weighted by molar-refractivity contribution is 0.425. The molecule has 0 saturated heterocycles. The Morgan fingerprint density at radius 3 is 1.67 bits per heavy atom. The summed E-state index contributed by atoms with van der Waals surface area (Å²) in [6.07, 6.45) is 0. The lowest BCUT2D eigenvalue weighted by Crippen LogP contribution is -2.43. The highest BCUT2D eigenvalue weighted by atomic mass is 16.5. The van der Waals surface area contributed by atoms with Gasteiger partial charge in [0.05, 0.1) is 5.41 Å². The number of fused-ring (bicyclic) bond motifs is 11. The third-order valence-corrected chi connectivity index (χ3v) is 12.6. The van der Waals surface area contributed by atoms with Crippen LogP contribution in [0.15, 0.2) is 192 Å². The van der Waals surface area contributed by atoms with Gasteiger partial charge in [0.1, 0.15) is 22.7 Å². The van der Waals surface area contributed by atoms with Gasteiger partial charge >= 0.3 is 0 Å². The van der Waals surface area contributed by atoms with Crippen molar-refractivity contribution in [1.29, 1.82) is 0 Å². The molecule has 0 unspecified atom stereocenters. The number of furan rings is 1. The van der Waals surface area contributed by atoms with E-state index in [9.17, 15) is 0 Å². The van der Waals surface area contributed by atoms with Crippen LogP contribution in [0.1, 0.15) is 47.2 Å². The topological polar surface area (TPSA) is 61.0 Å². The van der Waals surface area contributed by atoms with Crippen molar-refractivity contribution in [2.75, 3.05) is 0 Å². The van der Waals surface area contributed by atoms with Crippen molar-refractivity contribution in [2.45, 2.75) is 24.7 Å². The van der Waals surface area contributed by atoms with Crippen molar-refractivity contribution in [1.82, 2.24) is 15.0 Å². The molecule has 1 spiro atoms. The second-order valence-electron chi connectivity index (χ2n) is 16.3. The molecule has 1 aliphatic carbocycles. The molecule has 0 bridgehead atoms. The fourth-order valence-electron chi connectivity index (χ4n) is 10.0. The van der Waals surface area contributed by atoms with E-state index in [0.717, 1.165) is 66.8 Å². The zero-order valence-electron chi connectivity index (χ0n) is 33.1. The molecular formula is C55H37N3O2. The van der Waals surface area contributed by atoms with Crippen molar-refractivity contribution < 1.29 is 9.15 Å². The number of rotatable bonds is 4. The summed E-state index contributed by atoms with van der Waals surface area (Å²) in [7, 11) is 0. The Bertz CT molecular complexity index is 3300. The molecule has 0 saturated carbocycles. The second-order valence-corrected chi connectivity index (χ2v) is 16.3. The average Bonchev–Trinajstić information content (AvgIpc) is 3.68. The predicted octanol–water partition coefficient (Wildman–Crippen LogP) is 13.6. The van der Waals surface area contributed by atoms with Gasteiger partial charge < -0.3 is 9.15 Å². The Morgan fingerprint density at radius 1 is 0.383 bits per heavy atom. The van der Waals surface area contributed by atoms with Crippen molar-refractivity contribution >= 4 is 21.9 Å². The van der Waals surface area contributed by atoms with E-state index in [4.69, 9.17) is 24.1 Å². The SMILES string of the molecule is CC1(C)c2ccccc2C2(c3ccccc3Oc3ccccc32)c2cccc(-c3cccc(-c4nc(-c5ccccc5)nc(-c5ccc6c(c5)oc5ccccc56)n4)c3)c21. The molecule has 0 fully saturated rings. The summed E-state index contributed by atoms with van der Waals surface area (Å²) in [5.41, 5.74) is 13.1. The van der Waals surface area contributed by atoms with E-state index in [-0.39, 0.29) is 5.41 Å². The molecule has 1 aliphatic heterocycles. The molecule has 0 radical (unpaired) electrons. The Kier molecular flexibility index (Phi) is 7.42. The summed E-state index contributed by atoms with van der Waals surface area (Å²) >= 11 is 0. The molecule has 10 aromatic rings. The molecule has 284 valence electrons. The first kappa shape index (κ1) is 34.4. The van der Waals surface area contributed by atoms with Gasteiger partial charge in [-0.1, -0.05) is 166 Å². The maximum absolute atomic E-state index is 6.66. The van der Waals surface area contributed by atoms with Crippen LogP contribution >= 0.6 is 0 Å². The molecule has 0 amide bonds. The lowest BCUT2D eigenvalue weighted by atomic mass is 9.53. The van der Waals surface area contributed by atoms with E-state index in [1.165, 1.54) is 27.8 Å². The largest absolute Gasteiger partial charge is 0.457 e. The van der Waals surface area contributed by atoms with Crippen LogP contribution in [-0.4, -0.2) is 15.0 Å². The van der Waals surface area contributed by atoms with Crippen molar-refractivity contribution in [3.05, 3.63) is 221 Å². The molecule has 5 heteroatoms. The third-order valence-electron chi connectivity index (χ3n) is 12.6. The number of aromatic nitrogens is 3. The zero-order chi connectivity index (χ0) is 40.0. The summed E-state index contributed by atoms with van der Waals surface area (Å²) in [6.45, 7) is 4.73. The quantitative estimate of drug-likeness (QED) is 0.178. The van der Waals surface area contributed by atoms with Gasteiger partial charge in [-0.05, 0) is 69.8 Å². The molecule has 2 aliphatic rings. The van der Waals surface area contributed by atoms with Crippen molar-refractivity contribution in [3.63, 3.8) is 0 Å². The number of benzene rings is 8. The molecule has 60 heavy (non-hydrogen) atoms. The summed E-state index contributed by atoms with van der Waals surface area (Å²) in [5, 5.41) is 2.15. The zero-order valence-corrected chi connectivity index (χ0v) is 33.1. The van der Waals surface area contributed by atoms with Gasteiger partial charge in [0.15, 0.2) is 17.5 Å². The number of hydrogen-bond donors (Lipinski definition) is 0. The summed E-state index contributed by atoms with van der Waals surface area (Å²) < 4.78 is 13.0. The van der Waals surface area contributed by atoms with Crippen molar-refractivity contribution in [3.8, 4) is 56.8 Å². The first-order valence-electron chi connectivity index (χ1n) is 20.4. The fraction of sp³-hybridized carbons (Fsp3) is 0.0727. The Labute approximate surface area is 347 Å². The third kappa shape index (κ3) is 4.96. The Hall–Kier alpha value is -7.63. The monoisotopic (exact) mass is 771 g/mol. The van der Waals surface area contributed by atoms with Gasteiger partial charge in [0, 0.05) is 44.0 Å². The Morgan fingerprint density at radius 2 is 0.917 bits per heavy atom. The molecule has 0 atom stereocenters. The minimum atomic E-state index is -0.602. The van der Waals surface area contributed by atoms with Crippen LogP contribution < -0.4 is 4.74 Å². The maximum Gasteiger partial charge on any atom is 0.164 e. The fourth-order valence-corrected chi connectivity index (χ4v) is 10.0. The van der Waals surface area contributed by atoms with E-state index in [1.807, 2.05) is 54.6 Å². The molecule has 3 heterocycles. The maximum atomic E-state index is 6.66. The van der Waals surface area contributed by atoms with Crippen LogP contribution in [0.2, 0.25) is 0 Å². The minimum Gasteiger partial charge on any atom is -0.457 e. The normalized spacial score (nSPS) is 14.2. The van der Waals surface area contributed by atoms with Crippen LogP contribution in [0.5, 0.6) is 11.5 Å². The molecule has 5 nitrogen and oxygen atoms in total. The number of para-hydroxylation sites is 3. The molecule has 12 rings (SSSR count). The smallest absolute Gasteiger partial charge is 0.164 e. The highest BCUT2D eigenvalue weighted by molar-refractivity contribution is 6.05. The molecule has 8 aromatic carbocycles. The molecule has 0 N–H and O–H groups in total. The van der Waals surface area contributed by atoms with E-state index < -0.39 is 5.41 Å². The van der Waals surface area contributed by atoms with Gasteiger partial charge in [-0.15, -0.1) is 0 Å². The highest BCUT2D eigenvalue weighted by Gasteiger charge is 2.53. The standard InChI is InChI=1S/C55H37N3O2/c1-54(2)41-22-7-8-23-42(41)55(43-24-9-12-28-47(43)60-48-29-13-10-25-44(48)55)45-26-15-21-38(50(45)54)35-18-14-19-36(32-35)52-56-51(34-16-4-3-5-17-34)57-53(58-52)37-30-31-40-39-20-6-11-27-46(39)59-49(40)33-37/h3-33H,1-2H3. The van der Waals surface area contributed by atoms with Crippen LogP contribution in [0.4, 0.5) is 0 Å². The second kappa shape index (κ2) is 12.9. The van der Waals surface area contributed by atoms with E-state index in [1.54, 1.807) is 0 Å². The lowest BCUT2D eigenvalue weighted by Gasteiger charge is -2.50. The van der Waals surface area contributed by atoms with Crippen LogP contribution in [0, 0.1) is 0 Å². The van der Waals surface area contributed by atoms with Crippen LogP contribution in [0.25, 0.3) is 67.2 Å². The Balaban J connectivity index is 1.07. The predicted molar refractivity (Wildman–Crippen MR) is 239 cm³/mol. The first-order valence-corrected chi connectivity index (χ1v) is 20.4.